The molecule has 1 aromatic heterocycles. The number of hydrogen-bond donors (Lipinski definition) is 1. The van der Waals surface area contributed by atoms with Crippen molar-refractivity contribution in [1.82, 2.24) is 20.1 Å². The standard InChI is InChI=1S/C17H25IN4O4S/c1-11(2)16-19-12(10-27-16)9-21(3)17(25)20-13(15(18)24)8-14(23)22-4-6-26-7-5-22/h10-11,13H,4-9H2,1-3H3,(H,20,25). The van der Waals surface area contributed by atoms with Crippen LogP contribution in [0.1, 0.15) is 36.9 Å². The molecule has 1 atom stereocenters. The number of carbonyl (C=O) groups is 3. The number of rotatable bonds is 7. The van der Waals surface area contributed by atoms with Gasteiger partial charge in [0.15, 0.2) is 0 Å². The molecule has 0 radical (unpaired) electrons. The molecule has 150 valence electrons. The maximum absolute atomic E-state index is 12.5. The van der Waals surface area contributed by atoms with E-state index in [-0.39, 0.29) is 16.1 Å². The summed E-state index contributed by atoms with van der Waals surface area (Å²) in [5.41, 5.74) is 0.808. The lowest BCUT2D eigenvalue weighted by atomic mass is 10.2. The molecule has 1 saturated heterocycles. The molecule has 1 unspecified atom stereocenters. The highest BCUT2D eigenvalue weighted by atomic mass is 127. The Balaban J connectivity index is 1.90. The average molecular weight is 508 g/mol. The van der Waals surface area contributed by atoms with Gasteiger partial charge in [-0.1, -0.05) is 13.8 Å². The van der Waals surface area contributed by atoms with E-state index in [1.165, 1.54) is 4.90 Å². The number of halogens is 1. The number of hydrogen-bond acceptors (Lipinski definition) is 6. The Morgan fingerprint density at radius 3 is 2.59 bits per heavy atom. The van der Waals surface area contributed by atoms with Crippen molar-refractivity contribution in [3.8, 4) is 0 Å². The summed E-state index contributed by atoms with van der Waals surface area (Å²) in [6.07, 6.45) is -0.0461. The molecule has 1 aliphatic rings. The van der Waals surface area contributed by atoms with Crippen molar-refractivity contribution in [2.45, 2.75) is 38.8 Å². The van der Waals surface area contributed by atoms with Gasteiger partial charge in [-0.3, -0.25) is 9.59 Å². The lowest BCUT2D eigenvalue weighted by Crippen LogP contribution is -2.49. The fourth-order valence-corrected chi connectivity index (χ4v) is 3.74. The minimum Gasteiger partial charge on any atom is -0.378 e. The van der Waals surface area contributed by atoms with Crippen molar-refractivity contribution >= 4 is 49.7 Å². The molecular weight excluding hydrogens is 483 g/mol. The van der Waals surface area contributed by atoms with E-state index in [0.717, 1.165) is 10.7 Å². The first-order valence-corrected chi connectivity index (χ1v) is 10.7. The van der Waals surface area contributed by atoms with Crippen LogP contribution in [0, 0.1) is 0 Å². The largest absolute Gasteiger partial charge is 0.378 e. The van der Waals surface area contributed by atoms with E-state index in [2.05, 4.69) is 24.1 Å². The van der Waals surface area contributed by atoms with E-state index in [1.54, 1.807) is 45.9 Å². The number of aromatic nitrogens is 1. The minimum atomic E-state index is -0.849. The fraction of sp³-hybridized carbons (Fsp3) is 0.647. The zero-order valence-corrected chi connectivity index (χ0v) is 18.7. The topological polar surface area (TPSA) is 91.8 Å². The molecule has 2 rings (SSSR count). The lowest BCUT2D eigenvalue weighted by Gasteiger charge is -2.28. The summed E-state index contributed by atoms with van der Waals surface area (Å²) < 4.78 is 4.96. The number of nitrogens with zero attached hydrogens (tertiary/aromatic N) is 3. The first kappa shape index (κ1) is 22.0. The third-order valence-corrected chi connectivity index (χ3v) is 6.07. The number of carbonyl (C=O) groups excluding carboxylic acids is 3. The quantitative estimate of drug-likeness (QED) is 0.450. The molecule has 2 heterocycles. The van der Waals surface area contributed by atoms with Crippen molar-refractivity contribution in [1.29, 1.82) is 0 Å². The molecule has 1 N–H and O–H groups in total. The van der Waals surface area contributed by atoms with Crippen molar-refractivity contribution in [3.05, 3.63) is 16.1 Å². The number of thiazole rings is 1. The summed E-state index contributed by atoms with van der Waals surface area (Å²) in [6, 6.07) is -1.25. The van der Waals surface area contributed by atoms with Gasteiger partial charge in [0.25, 0.3) is 0 Å². The predicted molar refractivity (Wildman–Crippen MR) is 111 cm³/mol. The number of nitrogens with one attached hydrogen (secondary N) is 1. The number of urea groups is 1. The van der Waals surface area contributed by atoms with Gasteiger partial charge < -0.3 is 19.9 Å². The molecule has 10 heteroatoms. The van der Waals surface area contributed by atoms with Gasteiger partial charge in [0.1, 0.15) is 6.04 Å². The Morgan fingerprint density at radius 2 is 2.04 bits per heavy atom. The Kier molecular flexibility index (Phi) is 8.42. The number of morpholine rings is 1. The van der Waals surface area contributed by atoms with Gasteiger partial charge in [-0.15, -0.1) is 11.3 Å². The molecule has 0 bridgehead atoms. The molecule has 27 heavy (non-hydrogen) atoms. The van der Waals surface area contributed by atoms with Gasteiger partial charge in [-0.05, 0) is 0 Å². The molecule has 1 fully saturated rings. The van der Waals surface area contributed by atoms with Crippen molar-refractivity contribution in [3.63, 3.8) is 0 Å². The highest BCUT2D eigenvalue weighted by molar-refractivity contribution is 14.1. The van der Waals surface area contributed by atoms with Gasteiger partial charge in [-0.25, -0.2) is 9.78 Å². The highest BCUT2D eigenvalue weighted by Crippen LogP contribution is 2.19. The monoisotopic (exact) mass is 508 g/mol. The van der Waals surface area contributed by atoms with Gasteiger partial charge in [0.05, 0.1) is 36.9 Å². The molecule has 1 aromatic rings. The SMILES string of the molecule is CC(C)c1nc(CN(C)C(=O)NC(CC(=O)N2CCOCC2)C(=O)I)cs1. The lowest BCUT2D eigenvalue weighted by molar-refractivity contribution is -0.136. The van der Waals surface area contributed by atoms with Crippen LogP contribution < -0.4 is 5.32 Å². The van der Waals surface area contributed by atoms with Crippen LogP contribution in [0.25, 0.3) is 0 Å². The number of ether oxygens (including phenoxy) is 1. The first-order chi connectivity index (χ1) is 12.8. The molecule has 8 nitrogen and oxygen atoms in total. The summed E-state index contributed by atoms with van der Waals surface area (Å²) in [7, 11) is 1.64. The predicted octanol–water partition coefficient (Wildman–Crippen LogP) is 1.99. The van der Waals surface area contributed by atoms with Gasteiger partial charge in [0, 0.05) is 54.0 Å². The smallest absolute Gasteiger partial charge is 0.318 e. The van der Waals surface area contributed by atoms with Crippen molar-refractivity contribution < 1.29 is 19.1 Å². The molecule has 1 aliphatic heterocycles. The maximum Gasteiger partial charge on any atom is 0.318 e. The Bertz CT molecular complexity index is 676. The van der Waals surface area contributed by atoms with Crippen LogP contribution in [0.2, 0.25) is 0 Å². The summed E-state index contributed by atoms with van der Waals surface area (Å²) in [4.78, 5) is 44.4. The fourth-order valence-electron chi connectivity index (χ4n) is 2.54. The Morgan fingerprint density at radius 1 is 1.37 bits per heavy atom. The first-order valence-electron chi connectivity index (χ1n) is 8.78. The number of amides is 3. The Hall–Kier alpha value is -1.27. The third-order valence-electron chi connectivity index (χ3n) is 4.12. The summed E-state index contributed by atoms with van der Waals surface area (Å²) >= 11 is 3.19. The normalized spacial score (nSPS) is 15.5. The summed E-state index contributed by atoms with van der Waals surface area (Å²) in [5, 5.41) is 5.62. The molecule has 3 amide bonds. The van der Waals surface area contributed by atoms with Crippen LogP contribution in [-0.4, -0.2) is 69.9 Å². The third kappa shape index (κ3) is 6.68. The van der Waals surface area contributed by atoms with Crippen molar-refractivity contribution in [2.24, 2.45) is 0 Å². The average Bonchev–Trinajstić information content (AvgIpc) is 3.10. The van der Waals surface area contributed by atoms with Crippen molar-refractivity contribution in [2.75, 3.05) is 33.4 Å². The van der Waals surface area contributed by atoms with E-state index in [0.29, 0.717) is 38.8 Å². The van der Waals surface area contributed by atoms with Gasteiger partial charge in [0.2, 0.25) is 9.70 Å². The van der Waals surface area contributed by atoms with Crippen LogP contribution in [-0.2, 0) is 20.9 Å². The van der Waals surface area contributed by atoms with E-state index in [9.17, 15) is 14.4 Å². The van der Waals surface area contributed by atoms with E-state index < -0.39 is 12.1 Å². The molecule has 0 aliphatic carbocycles. The van der Waals surface area contributed by atoms with Crippen LogP contribution in [0.15, 0.2) is 5.38 Å². The second-order valence-electron chi connectivity index (χ2n) is 6.69. The molecule has 0 saturated carbocycles. The van der Waals surface area contributed by atoms with Crippen LogP contribution in [0.5, 0.6) is 0 Å². The maximum atomic E-state index is 12.5. The minimum absolute atomic E-state index is 0.0461. The Labute approximate surface area is 176 Å². The molecular formula is C17H25IN4O4S. The van der Waals surface area contributed by atoms with E-state index in [4.69, 9.17) is 4.74 Å². The summed E-state index contributed by atoms with van der Waals surface area (Å²) in [5.74, 6) is 0.187. The van der Waals surface area contributed by atoms with Gasteiger partial charge >= 0.3 is 6.03 Å². The van der Waals surface area contributed by atoms with E-state index >= 15 is 0 Å². The second kappa shape index (κ2) is 10.3. The zero-order chi connectivity index (χ0) is 20.0. The zero-order valence-electron chi connectivity index (χ0n) is 15.7. The molecule has 0 spiro atoms. The van der Waals surface area contributed by atoms with E-state index in [1.807, 2.05) is 5.38 Å². The van der Waals surface area contributed by atoms with Crippen LogP contribution in [0.4, 0.5) is 4.79 Å². The highest BCUT2D eigenvalue weighted by Gasteiger charge is 2.27. The summed E-state index contributed by atoms with van der Waals surface area (Å²) in [6.45, 7) is 6.50. The second-order valence-corrected chi connectivity index (χ2v) is 8.64. The van der Waals surface area contributed by atoms with Gasteiger partial charge in [-0.2, -0.15) is 0 Å². The van der Waals surface area contributed by atoms with Crippen LogP contribution in [0.3, 0.4) is 0 Å². The van der Waals surface area contributed by atoms with Crippen LogP contribution >= 0.6 is 33.9 Å². The molecule has 0 aromatic carbocycles.